The number of halogens is 2. The highest BCUT2D eigenvalue weighted by Crippen LogP contribution is 2.30. The van der Waals surface area contributed by atoms with Crippen LogP contribution in [0.15, 0.2) is 34.5 Å². The smallest absolute Gasteiger partial charge is 0.128 e. The van der Waals surface area contributed by atoms with E-state index in [4.69, 9.17) is 4.74 Å². The van der Waals surface area contributed by atoms with Crippen LogP contribution in [0.25, 0.3) is 0 Å². The number of nitrogens with one attached hydrogen (secondary N) is 1. The third-order valence-electron chi connectivity index (χ3n) is 2.89. The molecule has 1 aliphatic heterocycles. The molecule has 0 bridgehead atoms. The lowest BCUT2D eigenvalue weighted by Gasteiger charge is -2.23. The molecular weight excluding hydrogens is 285 g/mol. The molecular formula is C13H15BrFNO. The maximum atomic E-state index is 13.8. The molecule has 0 saturated heterocycles. The second-order valence-corrected chi connectivity index (χ2v) is 4.97. The van der Waals surface area contributed by atoms with E-state index < -0.39 is 0 Å². The Labute approximate surface area is 109 Å². The monoisotopic (exact) mass is 299 g/mol. The number of likely N-dealkylation sites (N-methyl/N-ethyl adjacent to an activating group) is 1. The van der Waals surface area contributed by atoms with E-state index >= 15 is 0 Å². The molecule has 1 aromatic carbocycles. The summed E-state index contributed by atoms with van der Waals surface area (Å²) in [4.78, 5) is 0. The number of ether oxygens (including phenoxy) is 1. The average Bonchev–Trinajstić information content (AvgIpc) is 2.36. The molecule has 1 aliphatic rings. The van der Waals surface area contributed by atoms with Crippen LogP contribution in [0.2, 0.25) is 0 Å². The number of benzene rings is 1. The Morgan fingerprint density at radius 3 is 2.94 bits per heavy atom. The summed E-state index contributed by atoms with van der Waals surface area (Å²) in [6.45, 7) is 0.751. The van der Waals surface area contributed by atoms with Gasteiger partial charge in [-0.2, -0.15) is 0 Å². The lowest BCUT2D eigenvalue weighted by atomic mass is 9.95. The Bertz CT molecular complexity index is 433. The zero-order chi connectivity index (χ0) is 12.3. The summed E-state index contributed by atoms with van der Waals surface area (Å²) in [5, 5.41) is 3.15. The molecule has 1 N–H and O–H groups in total. The van der Waals surface area contributed by atoms with E-state index in [9.17, 15) is 4.39 Å². The Balaban J connectivity index is 2.34. The van der Waals surface area contributed by atoms with E-state index in [-0.39, 0.29) is 11.9 Å². The Kier molecular flexibility index (Phi) is 4.18. The van der Waals surface area contributed by atoms with Gasteiger partial charge in [-0.3, -0.25) is 0 Å². The van der Waals surface area contributed by atoms with Gasteiger partial charge in [0.1, 0.15) is 5.82 Å². The second-order valence-electron chi connectivity index (χ2n) is 4.05. The minimum absolute atomic E-state index is 0.118. The Morgan fingerprint density at radius 1 is 1.47 bits per heavy atom. The van der Waals surface area contributed by atoms with Crippen LogP contribution in [0.4, 0.5) is 4.39 Å². The fourth-order valence-electron chi connectivity index (χ4n) is 2.07. The number of hydrogen-bond acceptors (Lipinski definition) is 2. The lowest BCUT2D eigenvalue weighted by molar-refractivity contribution is 0.219. The number of rotatable bonds is 3. The van der Waals surface area contributed by atoms with Crippen LogP contribution < -0.4 is 5.32 Å². The van der Waals surface area contributed by atoms with Crippen molar-refractivity contribution in [3.63, 3.8) is 0 Å². The summed E-state index contributed by atoms with van der Waals surface area (Å²) in [7, 11) is 1.83. The highest BCUT2D eigenvalue weighted by atomic mass is 79.9. The second kappa shape index (κ2) is 5.65. The molecule has 17 heavy (non-hydrogen) atoms. The summed E-state index contributed by atoms with van der Waals surface area (Å²) in [5.74, 6) is -0.195. The lowest BCUT2D eigenvalue weighted by Crippen LogP contribution is -2.21. The van der Waals surface area contributed by atoms with Gasteiger partial charge in [0.25, 0.3) is 0 Å². The first-order valence-corrected chi connectivity index (χ1v) is 6.44. The van der Waals surface area contributed by atoms with Gasteiger partial charge in [-0.1, -0.05) is 15.9 Å². The van der Waals surface area contributed by atoms with E-state index in [1.54, 1.807) is 12.3 Å². The summed E-state index contributed by atoms with van der Waals surface area (Å²) >= 11 is 3.37. The molecule has 0 radical (unpaired) electrons. The van der Waals surface area contributed by atoms with E-state index in [1.807, 2.05) is 13.1 Å². The molecule has 0 spiro atoms. The summed E-state index contributed by atoms with van der Waals surface area (Å²) in [6, 6.07) is 4.88. The minimum Gasteiger partial charge on any atom is -0.501 e. The van der Waals surface area contributed by atoms with E-state index in [0.29, 0.717) is 5.56 Å². The molecule has 0 saturated carbocycles. The molecule has 1 heterocycles. The van der Waals surface area contributed by atoms with E-state index in [2.05, 4.69) is 21.2 Å². The van der Waals surface area contributed by atoms with Gasteiger partial charge in [-0.15, -0.1) is 0 Å². The van der Waals surface area contributed by atoms with Crippen LogP contribution in [0.5, 0.6) is 0 Å². The maximum Gasteiger partial charge on any atom is 0.128 e. The number of hydrogen-bond donors (Lipinski definition) is 1. The van der Waals surface area contributed by atoms with Crippen LogP contribution in [-0.2, 0) is 4.74 Å². The van der Waals surface area contributed by atoms with Gasteiger partial charge >= 0.3 is 0 Å². The molecule has 2 rings (SSSR count). The van der Waals surface area contributed by atoms with Crippen molar-refractivity contribution in [1.29, 1.82) is 0 Å². The first-order chi connectivity index (χ1) is 8.22. The first-order valence-electron chi connectivity index (χ1n) is 5.65. The maximum absolute atomic E-state index is 13.8. The molecule has 0 aromatic heterocycles. The van der Waals surface area contributed by atoms with Crippen LogP contribution in [0.1, 0.15) is 24.4 Å². The summed E-state index contributed by atoms with van der Waals surface area (Å²) < 4.78 is 20.0. The first kappa shape index (κ1) is 12.6. The van der Waals surface area contributed by atoms with Crippen LogP contribution in [0.3, 0.4) is 0 Å². The average molecular weight is 300 g/mol. The normalized spacial score (nSPS) is 17.2. The Hall–Kier alpha value is -0.870. The van der Waals surface area contributed by atoms with Crippen molar-refractivity contribution in [2.24, 2.45) is 0 Å². The van der Waals surface area contributed by atoms with Gasteiger partial charge < -0.3 is 10.1 Å². The highest BCUT2D eigenvalue weighted by molar-refractivity contribution is 9.10. The van der Waals surface area contributed by atoms with Crippen molar-refractivity contribution < 1.29 is 9.13 Å². The largest absolute Gasteiger partial charge is 0.501 e. The van der Waals surface area contributed by atoms with Crippen molar-refractivity contribution in [2.75, 3.05) is 13.7 Å². The van der Waals surface area contributed by atoms with Gasteiger partial charge in [-0.25, -0.2) is 4.39 Å². The molecule has 4 heteroatoms. The van der Waals surface area contributed by atoms with Gasteiger partial charge in [0.15, 0.2) is 0 Å². The molecule has 0 amide bonds. The van der Waals surface area contributed by atoms with Gasteiger partial charge in [0, 0.05) is 10.0 Å². The standard InChI is InChI=1S/C13H15BrFNO/c1-16-13(9-3-2-6-17-8-9)11-7-10(14)4-5-12(11)15/h4-5,7-8,13,16H,2-3,6H2,1H3. The Morgan fingerprint density at radius 2 is 2.29 bits per heavy atom. The summed E-state index contributed by atoms with van der Waals surface area (Å²) in [6.07, 6.45) is 3.68. The molecule has 1 unspecified atom stereocenters. The van der Waals surface area contributed by atoms with E-state index in [1.165, 1.54) is 6.07 Å². The minimum atomic E-state index is -0.195. The SMILES string of the molecule is CNC(C1=COCCC1)c1cc(Br)ccc1F. The van der Waals surface area contributed by atoms with Gasteiger partial charge in [0.2, 0.25) is 0 Å². The third-order valence-corrected chi connectivity index (χ3v) is 3.38. The fourth-order valence-corrected chi connectivity index (χ4v) is 2.45. The molecule has 92 valence electrons. The van der Waals surface area contributed by atoms with Crippen molar-refractivity contribution in [3.05, 3.63) is 45.9 Å². The van der Waals surface area contributed by atoms with Gasteiger partial charge in [-0.05, 0) is 43.7 Å². The van der Waals surface area contributed by atoms with Crippen LogP contribution in [-0.4, -0.2) is 13.7 Å². The molecule has 1 aromatic rings. The predicted molar refractivity (Wildman–Crippen MR) is 69.2 cm³/mol. The fraction of sp³-hybridized carbons (Fsp3) is 0.385. The molecule has 0 aliphatic carbocycles. The highest BCUT2D eigenvalue weighted by Gasteiger charge is 2.20. The molecule has 0 fully saturated rings. The van der Waals surface area contributed by atoms with Crippen LogP contribution in [0, 0.1) is 5.82 Å². The third kappa shape index (κ3) is 2.87. The zero-order valence-corrected chi connectivity index (χ0v) is 11.3. The predicted octanol–water partition coefficient (Wildman–Crippen LogP) is 3.54. The van der Waals surface area contributed by atoms with Crippen molar-refractivity contribution in [2.45, 2.75) is 18.9 Å². The van der Waals surface area contributed by atoms with Crippen LogP contribution >= 0.6 is 15.9 Å². The summed E-state index contributed by atoms with van der Waals surface area (Å²) in [5.41, 5.74) is 1.74. The zero-order valence-electron chi connectivity index (χ0n) is 9.67. The van der Waals surface area contributed by atoms with Crippen molar-refractivity contribution in [1.82, 2.24) is 5.32 Å². The van der Waals surface area contributed by atoms with Crippen molar-refractivity contribution >= 4 is 15.9 Å². The van der Waals surface area contributed by atoms with E-state index in [0.717, 1.165) is 29.5 Å². The van der Waals surface area contributed by atoms with Gasteiger partial charge in [0.05, 0.1) is 18.9 Å². The topological polar surface area (TPSA) is 21.3 Å². The molecule has 2 nitrogen and oxygen atoms in total. The molecule has 1 atom stereocenters. The van der Waals surface area contributed by atoms with Crippen molar-refractivity contribution in [3.8, 4) is 0 Å². The quantitative estimate of drug-likeness (QED) is 0.922.